The second-order valence-corrected chi connectivity index (χ2v) is 5.11. The number of nitrogens with one attached hydrogen (secondary N) is 1. The van der Waals surface area contributed by atoms with E-state index in [2.05, 4.69) is 9.88 Å². The molecule has 2 N–H and O–H groups in total. The van der Waals surface area contributed by atoms with E-state index >= 15 is 0 Å². The summed E-state index contributed by atoms with van der Waals surface area (Å²) in [5.41, 5.74) is 0.531. The third-order valence-electron chi connectivity index (χ3n) is 3.06. The van der Waals surface area contributed by atoms with E-state index < -0.39 is 0 Å². The molecular formula is C12H18ClN3O2. The third-order valence-corrected chi connectivity index (χ3v) is 3.28. The Morgan fingerprint density at radius 3 is 2.67 bits per heavy atom. The molecule has 1 saturated heterocycles. The van der Waals surface area contributed by atoms with Crippen LogP contribution in [0.5, 0.6) is 0 Å². The summed E-state index contributed by atoms with van der Waals surface area (Å²) < 4.78 is 0. The summed E-state index contributed by atoms with van der Waals surface area (Å²) in [7, 11) is 0. The van der Waals surface area contributed by atoms with Gasteiger partial charge in [0.2, 0.25) is 0 Å². The monoisotopic (exact) mass is 271 g/mol. The van der Waals surface area contributed by atoms with Crippen LogP contribution in [0.4, 0.5) is 0 Å². The molecule has 1 aromatic heterocycles. The number of aliphatic hydroxyl groups excluding tert-OH is 1. The van der Waals surface area contributed by atoms with Gasteiger partial charge >= 0.3 is 0 Å². The van der Waals surface area contributed by atoms with Gasteiger partial charge in [-0.2, -0.15) is 0 Å². The summed E-state index contributed by atoms with van der Waals surface area (Å²) in [5.74, 6) is -0.0152. The Morgan fingerprint density at radius 2 is 2.17 bits per heavy atom. The first-order chi connectivity index (χ1) is 8.56. The van der Waals surface area contributed by atoms with Crippen LogP contribution >= 0.6 is 11.6 Å². The normalized spacial score (nSPS) is 18.9. The summed E-state index contributed by atoms with van der Waals surface area (Å²) in [5, 5.41) is 9.87. The quantitative estimate of drug-likeness (QED) is 0.855. The number of β-amino-alcohol motifs (C(OH)–C–C–N with tert-alkyl or cyclic N) is 1. The predicted molar refractivity (Wildman–Crippen MR) is 69.8 cm³/mol. The van der Waals surface area contributed by atoms with Crippen molar-refractivity contribution >= 4 is 17.5 Å². The number of aromatic nitrogens is 1. The minimum Gasteiger partial charge on any atom is -0.392 e. The SMILES string of the molecule is C[C@@H](O)CN1CCN(C(=O)c2cc(Cl)c[nH]2)CC1. The van der Waals surface area contributed by atoms with Gasteiger partial charge in [0.05, 0.1) is 11.1 Å². The van der Waals surface area contributed by atoms with Crippen LogP contribution in [0.1, 0.15) is 17.4 Å². The van der Waals surface area contributed by atoms with Crippen LogP contribution in [0.2, 0.25) is 5.02 Å². The standard InChI is InChI=1S/C12H18ClN3O2/c1-9(17)8-15-2-4-16(5-3-15)12(18)11-6-10(13)7-14-11/h6-7,9,14,17H,2-5,8H2,1H3/t9-/m1/s1. The molecule has 0 radical (unpaired) electrons. The van der Waals surface area contributed by atoms with Crippen molar-refractivity contribution in [3.8, 4) is 0 Å². The van der Waals surface area contributed by atoms with Crippen molar-refractivity contribution in [2.24, 2.45) is 0 Å². The number of halogens is 1. The van der Waals surface area contributed by atoms with E-state index in [1.54, 1.807) is 24.1 Å². The number of hydrogen-bond acceptors (Lipinski definition) is 3. The molecule has 1 amide bonds. The van der Waals surface area contributed by atoms with Crippen LogP contribution in [0.25, 0.3) is 0 Å². The molecule has 18 heavy (non-hydrogen) atoms. The Labute approximate surface area is 111 Å². The van der Waals surface area contributed by atoms with E-state index in [1.807, 2.05) is 0 Å². The number of aliphatic hydroxyl groups is 1. The van der Waals surface area contributed by atoms with Crippen molar-refractivity contribution in [3.63, 3.8) is 0 Å². The van der Waals surface area contributed by atoms with Gasteiger partial charge in [-0.1, -0.05) is 11.6 Å². The molecule has 1 aromatic rings. The van der Waals surface area contributed by atoms with Gasteiger partial charge in [-0.15, -0.1) is 0 Å². The van der Waals surface area contributed by atoms with E-state index in [4.69, 9.17) is 11.6 Å². The van der Waals surface area contributed by atoms with Gasteiger partial charge in [-0.05, 0) is 13.0 Å². The smallest absolute Gasteiger partial charge is 0.270 e. The maximum absolute atomic E-state index is 12.1. The number of hydrogen-bond donors (Lipinski definition) is 2. The molecule has 0 bridgehead atoms. The van der Waals surface area contributed by atoms with Gasteiger partial charge in [0.1, 0.15) is 5.69 Å². The lowest BCUT2D eigenvalue weighted by molar-refractivity contribution is 0.0550. The summed E-state index contributed by atoms with van der Waals surface area (Å²) in [6, 6.07) is 1.64. The molecule has 100 valence electrons. The van der Waals surface area contributed by atoms with E-state index in [0.717, 1.165) is 13.1 Å². The molecule has 0 spiro atoms. The number of nitrogens with zero attached hydrogens (tertiary/aromatic N) is 2. The highest BCUT2D eigenvalue weighted by Crippen LogP contribution is 2.13. The van der Waals surface area contributed by atoms with E-state index in [-0.39, 0.29) is 12.0 Å². The largest absolute Gasteiger partial charge is 0.392 e. The maximum Gasteiger partial charge on any atom is 0.270 e. The summed E-state index contributed by atoms with van der Waals surface area (Å²) in [6.45, 7) is 5.40. The second kappa shape index (κ2) is 5.73. The number of H-pyrrole nitrogens is 1. The molecule has 5 nitrogen and oxygen atoms in total. The zero-order valence-corrected chi connectivity index (χ0v) is 11.2. The molecule has 2 rings (SSSR count). The van der Waals surface area contributed by atoms with Crippen molar-refractivity contribution in [3.05, 3.63) is 23.0 Å². The summed E-state index contributed by atoms with van der Waals surface area (Å²) in [4.78, 5) is 18.9. The molecule has 0 saturated carbocycles. The fourth-order valence-electron chi connectivity index (χ4n) is 2.17. The lowest BCUT2D eigenvalue weighted by Crippen LogP contribution is -2.50. The highest BCUT2D eigenvalue weighted by molar-refractivity contribution is 6.30. The molecule has 0 aliphatic carbocycles. The number of piperazine rings is 1. The average molecular weight is 272 g/mol. The fraction of sp³-hybridized carbons (Fsp3) is 0.583. The molecule has 1 aliphatic rings. The molecule has 0 aromatic carbocycles. The number of aromatic amines is 1. The molecule has 2 heterocycles. The molecule has 1 atom stereocenters. The minimum atomic E-state index is -0.325. The zero-order chi connectivity index (χ0) is 13.1. The van der Waals surface area contributed by atoms with Crippen LogP contribution in [-0.4, -0.2) is 64.6 Å². The Kier molecular flexibility index (Phi) is 4.27. The number of amides is 1. The molecule has 6 heteroatoms. The zero-order valence-electron chi connectivity index (χ0n) is 10.4. The molecule has 1 fully saturated rings. The third kappa shape index (κ3) is 3.25. The lowest BCUT2D eigenvalue weighted by Gasteiger charge is -2.35. The van der Waals surface area contributed by atoms with Gasteiger partial charge in [0, 0.05) is 38.9 Å². The Balaban J connectivity index is 1.88. The fourth-order valence-corrected chi connectivity index (χ4v) is 2.33. The van der Waals surface area contributed by atoms with Crippen LogP contribution in [0.15, 0.2) is 12.3 Å². The van der Waals surface area contributed by atoms with Gasteiger partial charge in [0.15, 0.2) is 0 Å². The van der Waals surface area contributed by atoms with Gasteiger partial charge in [0.25, 0.3) is 5.91 Å². The summed E-state index contributed by atoms with van der Waals surface area (Å²) >= 11 is 5.79. The van der Waals surface area contributed by atoms with Gasteiger partial charge in [-0.25, -0.2) is 0 Å². The molecule has 1 aliphatic heterocycles. The average Bonchev–Trinajstić information content (AvgIpc) is 2.75. The first kappa shape index (κ1) is 13.4. The highest BCUT2D eigenvalue weighted by atomic mass is 35.5. The summed E-state index contributed by atoms with van der Waals surface area (Å²) in [6.07, 6.45) is 1.29. The Morgan fingerprint density at radius 1 is 1.50 bits per heavy atom. The van der Waals surface area contributed by atoms with Crippen molar-refractivity contribution in [2.75, 3.05) is 32.7 Å². The van der Waals surface area contributed by atoms with Crippen LogP contribution in [-0.2, 0) is 0 Å². The van der Waals surface area contributed by atoms with Crippen LogP contribution in [0.3, 0.4) is 0 Å². The van der Waals surface area contributed by atoms with Crippen molar-refractivity contribution in [1.29, 1.82) is 0 Å². The lowest BCUT2D eigenvalue weighted by atomic mass is 10.2. The minimum absolute atomic E-state index is 0.0152. The van der Waals surface area contributed by atoms with Crippen LogP contribution < -0.4 is 0 Å². The number of carbonyl (C=O) groups excluding carboxylic acids is 1. The van der Waals surface area contributed by atoms with Crippen molar-refractivity contribution in [2.45, 2.75) is 13.0 Å². The van der Waals surface area contributed by atoms with E-state index in [1.165, 1.54) is 0 Å². The van der Waals surface area contributed by atoms with Crippen molar-refractivity contribution < 1.29 is 9.90 Å². The second-order valence-electron chi connectivity index (χ2n) is 4.67. The van der Waals surface area contributed by atoms with Gasteiger partial charge in [-0.3, -0.25) is 9.69 Å². The van der Waals surface area contributed by atoms with Gasteiger partial charge < -0.3 is 15.0 Å². The number of rotatable bonds is 3. The van der Waals surface area contributed by atoms with Crippen LogP contribution in [0, 0.1) is 0 Å². The highest BCUT2D eigenvalue weighted by Gasteiger charge is 2.23. The topological polar surface area (TPSA) is 59.6 Å². The number of carbonyl (C=O) groups is 1. The Bertz CT molecular complexity index is 411. The maximum atomic E-state index is 12.1. The molecule has 0 unspecified atom stereocenters. The Hall–Kier alpha value is -1.04. The first-order valence-electron chi connectivity index (χ1n) is 6.10. The van der Waals surface area contributed by atoms with E-state index in [0.29, 0.717) is 30.4 Å². The predicted octanol–water partition coefficient (Wildman–Crippen LogP) is 0.807. The first-order valence-corrected chi connectivity index (χ1v) is 6.47. The molecular weight excluding hydrogens is 254 g/mol. The van der Waals surface area contributed by atoms with Crippen molar-refractivity contribution in [1.82, 2.24) is 14.8 Å². The van der Waals surface area contributed by atoms with E-state index in [9.17, 15) is 9.90 Å².